The first-order valence-corrected chi connectivity index (χ1v) is 7.72. The van der Waals surface area contributed by atoms with Gasteiger partial charge in [-0.1, -0.05) is 0 Å². The fraction of sp³-hybridized carbons (Fsp3) is 0.900. The van der Waals surface area contributed by atoms with Gasteiger partial charge in [0.25, 0.3) is 0 Å². The number of carbonyl (C=O) groups is 1. The summed E-state index contributed by atoms with van der Waals surface area (Å²) in [5.41, 5.74) is 5.26. The van der Waals surface area contributed by atoms with Crippen LogP contribution in [0.25, 0.3) is 0 Å². The minimum absolute atomic E-state index is 0.0725. The summed E-state index contributed by atoms with van der Waals surface area (Å²) in [6.07, 6.45) is 1.84. The average Bonchev–Trinajstić information content (AvgIpc) is 2.35. The van der Waals surface area contributed by atoms with E-state index < -0.39 is 22.0 Å². The van der Waals surface area contributed by atoms with Crippen molar-refractivity contribution >= 4 is 16.0 Å². The first-order valence-electron chi connectivity index (χ1n) is 6.07. The molecule has 1 heterocycles. The lowest BCUT2D eigenvalue weighted by Gasteiger charge is -2.22. The molecule has 0 spiro atoms. The van der Waals surface area contributed by atoms with E-state index in [1.807, 2.05) is 0 Å². The van der Waals surface area contributed by atoms with E-state index in [9.17, 15) is 13.2 Å². The van der Waals surface area contributed by atoms with Gasteiger partial charge in [-0.3, -0.25) is 4.79 Å². The highest BCUT2D eigenvalue weighted by molar-refractivity contribution is 7.89. The molecule has 1 aliphatic rings. The number of nitrogens with two attached hydrogens (primary N) is 1. The molecule has 7 nitrogen and oxygen atoms in total. The Kier molecular flexibility index (Phi) is 6.00. The van der Waals surface area contributed by atoms with Crippen molar-refractivity contribution in [1.29, 1.82) is 0 Å². The second-order valence-corrected chi connectivity index (χ2v) is 6.52. The third kappa shape index (κ3) is 5.76. The number of rotatable bonds is 7. The van der Waals surface area contributed by atoms with Crippen LogP contribution in [0.4, 0.5) is 0 Å². The molecular formula is C10H21N3O4S. The smallest absolute Gasteiger partial charge is 0.320 e. The molecule has 1 atom stereocenters. The van der Waals surface area contributed by atoms with Gasteiger partial charge in [-0.15, -0.1) is 0 Å². The fourth-order valence-corrected chi connectivity index (χ4v) is 3.01. The molecule has 0 aliphatic carbocycles. The number of carboxylic acid groups (broad SMARTS) is 1. The maximum atomic E-state index is 11.6. The van der Waals surface area contributed by atoms with Crippen molar-refractivity contribution in [2.45, 2.75) is 25.3 Å². The number of sulfonamides is 1. The Morgan fingerprint density at radius 3 is 2.61 bits per heavy atom. The maximum absolute atomic E-state index is 11.6. The Balaban J connectivity index is 2.28. The topological polar surface area (TPSA) is 122 Å². The molecule has 0 bridgehead atoms. The van der Waals surface area contributed by atoms with Crippen LogP contribution in [0.2, 0.25) is 0 Å². The van der Waals surface area contributed by atoms with Crippen LogP contribution in [0.1, 0.15) is 19.3 Å². The summed E-state index contributed by atoms with van der Waals surface area (Å²) < 4.78 is 25.8. The lowest BCUT2D eigenvalue weighted by atomic mass is 9.99. The molecule has 0 aromatic rings. The van der Waals surface area contributed by atoms with Gasteiger partial charge < -0.3 is 16.2 Å². The zero-order chi connectivity index (χ0) is 13.6. The van der Waals surface area contributed by atoms with Crippen LogP contribution >= 0.6 is 0 Å². The molecule has 0 aromatic heterocycles. The number of hydrogen-bond acceptors (Lipinski definition) is 5. The molecule has 0 radical (unpaired) electrons. The highest BCUT2D eigenvalue weighted by Crippen LogP contribution is 2.10. The molecular weight excluding hydrogens is 258 g/mol. The van der Waals surface area contributed by atoms with Crippen LogP contribution < -0.4 is 15.8 Å². The monoisotopic (exact) mass is 279 g/mol. The Morgan fingerprint density at radius 2 is 2.06 bits per heavy atom. The number of nitrogens with one attached hydrogen (secondary N) is 2. The fourth-order valence-electron chi connectivity index (χ4n) is 1.81. The van der Waals surface area contributed by atoms with Gasteiger partial charge in [0.15, 0.2) is 0 Å². The van der Waals surface area contributed by atoms with Crippen LogP contribution in [-0.2, 0) is 14.8 Å². The molecule has 8 heteroatoms. The van der Waals surface area contributed by atoms with Crippen molar-refractivity contribution in [3.63, 3.8) is 0 Å². The predicted octanol–water partition coefficient (Wildman–Crippen LogP) is -1.29. The molecule has 0 amide bonds. The zero-order valence-electron chi connectivity index (χ0n) is 10.3. The minimum Gasteiger partial charge on any atom is -0.480 e. The summed E-state index contributed by atoms with van der Waals surface area (Å²) in [6.45, 7) is 2.25. The summed E-state index contributed by atoms with van der Waals surface area (Å²) in [4.78, 5) is 10.5. The number of carboxylic acids is 1. The van der Waals surface area contributed by atoms with E-state index in [0.29, 0.717) is 12.5 Å². The summed E-state index contributed by atoms with van der Waals surface area (Å²) >= 11 is 0. The highest BCUT2D eigenvalue weighted by Gasteiger charge is 2.19. The van der Waals surface area contributed by atoms with Crippen molar-refractivity contribution in [3.05, 3.63) is 0 Å². The molecule has 1 fully saturated rings. The van der Waals surface area contributed by atoms with E-state index in [2.05, 4.69) is 10.0 Å². The van der Waals surface area contributed by atoms with Crippen molar-refractivity contribution in [2.24, 2.45) is 11.7 Å². The Hall–Kier alpha value is -0.700. The molecule has 1 aliphatic heterocycles. The van der Waals surface area contributed by atoms with E-state index in [4.69, 9.17) is 10.8 Å². The quantitative estimate of drug-likeness (QED) is 0.460. The molecule has 106 valence electrons. The second kappa shape index (κ2) is 7.03. The second-order valence-electron chi connectivity index (χ2n) is 4.59. The van der Waals surface area contributed by atoms with E-state index in [1.54, 1.807) is 0 Å². The van der Waals surface area contributed by atoms with Crippen LogP contribution in [0, 0.1) is 5.92 Å². The largest absolute Gasteiger partial charge is 0.480 e. The number of hydrogen-bond donors (Lipinski definition) is 4. The van der Waals surface area contributed by atoms with Gasteiger partial charge in [-0.25, -0.2) is 13.1 Å². The van der Waals surface area contributed by atoms with Gasteiger partial charge in [0.2, 0.25) is 10.0 Å². The maximum Gasteiger partial charge on any atom is 0.320 e. The van der Waals surface area contributed by atoms with Gasteiger partial charge in [0.1, 0.15) is 6.04 Å². The molecule has 1 rings (SSSR count). The van der Waals surface area contributed by atoms with Gasteiger partial charge in [0, 0.05) is 6.54 Å². The van der Waals surface area contributed by atoms with Gasteiger partial charge in [0.05, 0.1) is 5.75 Å². The molecule has 18 heavy (non-hydrogen) atoms. The summed E-state index contributed by atoms with van der Waals surface area (Å²) in [7, 11) is -3.42. The Bertz CT molecular complexity index is 365. The average molecular weight is 279 g/mol. The first kappa shape index (κ1) is 15.4. The summed E-state index contributed by atoms with van der Waals surface area (Å²) in [5, 5.41) is 11.8. The zero-order valence-corrected chi connectivity index (χ0v) is 11.1. The Labute approximate surface area is 107 Å². The standard InChI is InChI=1S/C10H21N3O4S/c11-9(10(14)15)3-6-18(16,17)13-7-8-1-4-12-5-2-8/h8-9,12-13H,1-7,11H2,(H,14,15)/t9-/m0/s1. The van der Waals surface area contributed by atoms with E-state index in [-0.39, 0.29) is 12.2 Å². The number of aliphatic carboxylic acids is 1. The minimum atomic E-state index is -3.42. The van der Waals surface area contributed by atoms with Crippen molar-refractivity contribution < 1.29 is 18.3 Å². The predicted molar refractivity (Wildman–Crippen MR) is 67.6 cm³/mol. The Morgan fingerprint density at radius 1 is 1.44 bits per heavy atom. The SMILES string of the molecule is N[C@@H](CCS(=O)(=O)NCC1CCNCC1)C(=O)O. The van der Waals surface area contributed by atoms with Crippen LogP contribution in [0.3, 0.4) is 0 Å². The first-order chi connectivity index (χ1) is 8.41. The molecule has 0 unspecified atom stereocenters. The lowest BCUT2D eigenvalue weighted by Crippen LogP contribution is -2.38. The van der Waals surface area contributed by atoms with Gasteiger partial charge in [-0.2, -0.15) is 0 Å². The third-order valence-electron chi connectivity index (χ3n) is 3.07. The van der Waals surface area contributed by atoms with Crippen molar-refractivity contribution in [2.75, 3.05) is 25.4 Å². The van der Waals surface area contributed by atoms with E-state index in [0.717, 1.165) is 25.9 Å². The van der Waals surface area contributed by atoms with Crippen LogP contribution in [0.5, 0.6) is 0 Å². The summed E-state index contributed by atoms with van der Waals surface area (Å²) in [6, 6.07) is -1.12. The molecule has 1 saturated heterocycles. The normalized spacial score (nSPS) is 19.6. The van der Waals surface area contributed by atoms with Crippen molar-refractivity contribution in [1.82, 2.24) is 10.0 Å². The summed E-state index contributed by atoms with van der Waals surface area (Å²) in [5.74, 6) is -1.07. The molecule has 0 aromatic carbocycles. The number of piperidine rings is 1. The molecule has 5 N–H and O–H groups in total. The third-order valence-corrected chi connectivity index (χ3v) is 4.45. The van der Waals surface area contributed by atoms with Gasteiger partial charge in [-0.05, 0) is 38.3 Å². The van der Waals surface area contributed by atoms with Crippen LogP contribution in [-0.4, -0.2) is 50.9 Å². The highest BCUT2D eigenvalue weighted by atomic mass is 32.2. The van der Waals surface area contributed by atoms with Crippen molar-refractivity contribution in [3.8, 4) is 0 Å². The molecule has 0 saturated carbocycles. The van der Waals surface area contributed by atoms with Crippen LogP contribution in [0.15, 0.2) is 0 Å². The van der Waals surface area contributed by atoms with Gasteiger partial charge >= 0.3 is 5.97 Å². The van der Waals surface area contributed by atoms with E-state index in [1.165, 1.54) is 0 Å². The van der Waals surface area contributed by atoms with E-state index >= 15 is 0 Å². The lowest BCUT2D eigenvalue weighted by molar-refractivity contribution is -0.138.